The van der Waals surface area contributed by atoms with Gasteiger partial charge in [-0.25, -0.2) is 0 Å². The normalized spacial score (nSPS) is 22.6. The van der Waals surface area contributed by atoms with Crippen LogP contribution in [-0.2, 0) is 0 Å². The molecule has 1 aliphatic heterocycles. The zero-order chi connectivity index (χ0) is 14.9. The van der Waals surface area contributed by atoms with Crippen molar-refractivity contribution in [3.05, 3.63) is 39.4 Å². The third kappa shape index (κ3) is 3.00. The SMILES string of the molecule is Cc1ccc(C(=O)N2CCC(C)C(Br)C2)cc1[N+](=O)[O-]. The molecule has 2 rings (SSSR count). The van der Waals surface area contributed by atoms with Gasteiger partial charge in [0, 0.05) is 35.1 Å². The molecule has 1 aromatic carbocycles. The Balaban J connectivity index is 2.21. The predicted molar refractivity (Wildman–Crippen MR) is 80.2 cm³/mol. The molecule has 0 aromatic heterocycles. The van der Waals surface area contributed by atoms with Crippen LogP contribution in [-0.4, -0.2) is 33.6 Å². The number of piperidine rings is 1. The summed E-state index contributed by atoms with van der Waals surface area (Å²) in [5, 5.41) is 10.9. The van der Waals surface area contributed by atoms with Gasteiger partial charge < -0.3 is 4.90 Å². The summed E-state index contributed by atoms with van der Waals surface area (Å²) >= 11 is 3.58. The first-order valence-corrected chi connectivity index (χ1v) is 7.50. The third-order valence-corrected chi connectivity index (χ3v) is 5.00. The number of amides is 1. The van der Waals surface area contributed by atoms with E-state index in [1.807, 2.05) is 0 Å². The number of hydrogen-bond acceptors (Lipinski definition) is 3. The molecule has 1 aromatic rings. The van der Waals surface area contributed by atoms with Crippen molar-refractivity contribution in [3.8, 4) is 0 Å². The van der Waals surface area contributed by atoms with Crippen molar-refractivity contribution in [2.24, 2.45) is 5.92 Å². The Bertz CT molecular complexity index is 547. The molecule has 1 amide bonds. The average molecular weight is 341 g/mol. The highest BCUT2D eigenvalue weighted by molar-refractivity contribution is 9.09. The topological polar surface area (TPSA) is 63.5 Å². The average Bonchev–Trinajstić information content (AvgIpc) is 2.41. The maximum atomic E-state index is 12.4. The van der Waals surface area contributed by atoms with Crippen LogP contribution < -0.4 is 0 Å². The molecule has 1 fully saturated rings. The van der Waals surface area contributed by atoms with Gasteiger partial charge in [0.25, 0.3) is 11.6 Å². The highest BCUT2D eigenvalue weighted by atomic mass is 79.9. The van der Waals surface area contributed by atoms with E-state index >= 15 is 0 Å². The van der Waals surface area contributed by atoms with Crippen LogP contribution in [0.3, 0.4) is 0 Å². The molecule has 0 N–H and O–H groups in total. The summed E-state index contributed by atoms with van der Waals surface area (Å²) in [5.74, 6) is 0.399. The lowest BCUT2D eigenvalue weighted by Gasteiger charge is -2.34. The van der Waals surface area contributed by atoms with Gasteiger partial charge in [-0.05, 0) is 25.3 Å². The van der Waals surface area contributed by atoms with E-state index in [9.17, 15) is 14.9 Å². The number of hydrogen-bond donors (Lipinski definition) is 0. The summed E-state index contributed by atoms with van der Waals surface area (Å²) in [6.45, 7) is 5.16. The fourth-order valence-corrected chi connectivity index (χ4v) is 2.94. The number of likely N-dealkylation sites (tertiary alicyclic amines) is 1. The van der Waals surface area contributed by atoms with E-state index in [1.54, 1.807) is 24.0 Å². The molecule has 0 radical (unpaired) electrons. The van der Waals surface area contributed by atoms with E-state index in [0.29, 0.717) is 30.1 Å². The van der Waals surface area contributed by atoms with Gasteiger partial charge in [0.2, 0.25) is 0 Å². The fraction of sp³-hybridized carbons (Fsp3) is 0.500. The number of alkyl halides is 1. The van der Waals surface area contributed by atoms with Crippen molar-refractivity contribution in [2.45, 2.75) is 25.1 Å². The molecule has 108 valence electrons. The number of carbonyl (C=O) groups is 1. The third-order valence-electron chi connectivity index (χ3n) is 3.81. The number of nitro groups is 1. The van der Waals surface area contributed by atoms with Gasteiger partial charge in [-0.1, -0.05) is 28.9 Å². The van der Waals surface area contributed by atoms with E-state index in [2.05, 4.69) is 22.9 Å². The minimum Gasteiger partial charge on any atom is -0.338 e. The van der Waals surface area contributed by atoms with Gasteiger partial charge in [0.1, 0.15) is 0 Å². The first-order chi connectivity index (χ1) is 9.40. The molecular formula is C14H17BrN2O3. The van der Waals surface area contributed by atoms with Crippen LogP contribution in [0.15, 0.2) is 18.2 Å². The van der Waals surface area contributed by atoms with Crippen LogP contribution in [0.1, 0.15) is 29.3 Å². The van der Waals surface area contributed by atoms with Crippen LogP contribution in [0, 0.1) is 23.0 Å². The molecule has 2 atom stereocenters. The first-order valence-electron chi connectivity index (χ1n) is 6.58. The Morgan fingerprint density at radius 3 is 2.80 bits per heavy atom. The largest absolute Gasteiger partial charge is 0.338 e. The van der Waals surface area contributed by atoms with Crippen LogP contribution >= 0.6 is 15.9 Å². The summed E-state index contributed by atoms with van der Waals surface area (Å²) in [7, 11) is 0. The van der Waals surface area contributed by atoms with Gasteiger partial charge >= 0.3 is 0 Å². The van der Waals surface area contributed by atoms with Crippen LogP contribution in [0.5, 0.6) is 0 Å². The quantitative estimate of drug-likeness (QED) is 0.472. The highest BCUT2D eigenvalue weighted by Crippen LogP contribution is 2.26. The first kappa shape index (κ1) is 15.0. The molecule has 1 saturated heterocycles. The molecular weight excluding hydrogens is 324 g/mol. The number of nitrogens with zero attached hydrogens (tertiary/aromatic N) is 2. The van der Waals surface area contributed by atoms with Crippen molar-refractivity contribution in [1.29, 1.82) is 0 Å². The molecule has 0 bridgehead atoms. The molecule has 1 aliphatic rings. The summed E-state index contributed by atoms with van der Waals surface area (Å²) < 4.78 is 0. The zero-order valence-electron chi connectivity index (χ0n) is 11.5. The van der Waals surface area contributed by atoms with Gasteiger partial charge in [-0.15, -0.1) is 0 Å². The molecule has 5 nitrogen and oxygen atoms in total. The standard InChI is InChI=1S/C14H17BrN2O3/c1-9-5-6-16(8-12(9)15)14(18)11-4-3-10(2)13(7-11)17(19)20/h3-4,7,9,12H,5-6,8H2,1-2H3. The molecule has 2 unspecified atom stereocenters. The van der Waals surface area contributed by atoms with Gasteiger partial charge in [-0.3, -0.25) is 14.9 Å². The van der Waals surface area contributed by atoms with Crippen LogP contribution in [0.25, 0.3) is 0 Å². The molecule has 0 aliphatic carbocycles. The zero-order valence-corrected chi connectivity index (χ0v) is 13.1. The maximum absolute atomic E-state index is 12.4. The van der Waals surface area contributed by atoms with Crippen molar-refractivity contribution in [2.75, 3.05) is 13.1 Å². The van der Waals surface area contributed by atoms with E-state index in [4.69, 9.17) is 0 Å². The highest BCUT2D eigenvalue weighted by Gasteiger charge is 2.28. The molecule has 0 spiro atoms. The lowest BCUT2D eigenvalue weighted by molar-refractivity contribution is -0.385. The summed E-state index contributed by atoms with van der Waals surface area (Å²) in [5.41, 5.74) is 0.949. The van der Waals surface area contributed by atoms with Gasteiger partial charge in [-0.2, -0.15) is 0 Å². The maximum Gasteiger partial charge on any atom is 0.273 e. The van der Waals surface area contributed by atoms with Gasteiger partial charge in [0.05, 0.1) is 4.92 Å². The Morgan fingerprint density at radius 1 is 1.50 bits per heavy atom. The fourth-order valence-electron chi connectivity index (χ4n) is 2.33. The molecule has 6 heteroatoms. The van der Waals surface area contributed by atoms with Crippen molar-refractivity contribution in [3.63, 3.8) is 0 Å². The number of benzene rings is 1. The second kappa shape index (κ2) is 5.91. The van der Waals surface area contributed by atoms with E-state index in [1.165, 1.54) is 6.07 Å². The summed E-state index contributed by atoms with van der Waals surface area (Å²) in [6.07, 6.45) is 0.940. The van der Waals surface area contributed by atoms with Crippen molar-refractivity contribution in [1.82, 2.24) is 4.90 Å². The lowest BCUT2D eigenvalue weighted by atomic mass is 9.98. The molecule has 1 heterocycles. The monoisotopic (exact) mass is 340 g/mol. The number of aryl methyl sites for hydroxylation is 1. The number of carbonyl (C=O) groups excluding carboxylic acids is 1. The Kier molecular flexibility index (Phi) is 4.42. The molecule has 0 saturated carbocycles. The van der Waals surface area contributed by atoms with Crippen LogP contribution in [0.2, 0.25) is 0 Å². The number of halogens is 1. The Morgan fingerprint density at radius 2 is 2.20 bits per heavy atom. The number of rotatable bonds is 2. The van der Waals surface area contributed by atoms with Crippen molar-refractivity contribution < 1.29 is 9.72 Å². The van der Waals surface area contributed by atoms with Gasteiger partial charge in [0.15, 0.2) is 0 Å². The summed E-state index contributed by atoms with van der Waals surface area (Å²) in [4.78, 5) is 25.0. The lowest BCUT2D eigenvalue weighted by Crippen LogP contribution is -2.43. The predicted octanol–water partition coefficient (Wildman–Crippen LogP) is 3.15. The second-order valence-corrected chi connectivity index (χ2v) is 6.47. The van der Waals surface area contributed by atoms with E-state index in [-0.39, 0.29) is 16.4 Å². The molecule has 20 heavy (non-hydrogen) atoms. The Hall–Kier alpha value is -1.43. The summed E-state index contributed by atoms with van der Waals surface area (Å²) in [6, 6.07) is 4.66. The minimum absolute atomic E-state index is 0.00313. The van der Waals surface area contributed by atoms with Crippen LogP contribution in [0.4, 0.5) is 5.69 Å². The minimum atomic E-state index is -0.447. The second-order valence-electron chi connectivity index (χ2n) is 5.29. The smallest absolute Gasteiger partial charge is 0.273 e. The van der Waals surface area contributed by atoms with Crippen molar-refractivity contribution >= 4 is 27.5 Å². The van der Waals surface area contributed by atoms with E-state index < -0.39 is 4.92 Å². The number of nitro benzene ring substituents is 1. The van der Waals surface area contributed by atoms with E-state index in [0.717, 1.165) is 6.42 Å². The Labute approximate surface area is 126 Å².